The molecule has 0 spiro atoms. The Kier molecular flexibility index (Phi) is 6.19. The molecule has 1 unspecified atom stereocenters. The van der Waals surface area contributed by atoms with Crippen molar-refractivity contribution in [3.8, 4) is 0 Å². The normalized spacial score (nSPS) is 12.0. The highest BCUT2D eigenvalue weighted by Gasteiger charge is 2.12. The fraction of sp³-hybridized carbons (Fsp3) is 0.312. The van der Waals surface area contributed by atoms with Crippen LogP contribution in [0.15, 0.2) is 41.3 Å². The van der Waals surface area contributed by atoms with E-state index in [0.29, 0.717) is 0 Å². The van der Waals surface area contributed by atoms with E-state index in [9.17, 15) is 9.59 Å². The number of aromatic nitrogens is 2. The summed E-state index contributed by atoms with van der Waals surface area (Å²) in [6.45, 7) is 1.73. The van der Waals surface area contributed by atoms with E-state index in [-0.39, 0.29) is 28.5 Å². The molecule has 2 rings (SSSR count). The second kappa shape index (κ2) is 8.13. The molecule has 0 bridgehead atoms. The number of halogens is 2. The summed E-state index contributed by atoms with van der Waals surface area (Å²) in [7, 11) is 0. The Bertz CT molecular complexity index is 732. The van der Waals surface area contributed by atoms with Crippen LogP contribution in [0.4, 0.5) is 0 Å². The zero-order valence-electron chi connectivity index (χ0n) is 12.6. The Morgan fingerprint density at radius 1 is 1.30 bits per heavy atom. The highest BCUT2D eigenvalue weighted by Crippen LogP contribution is 2.14. The zero-order chi connectivity index (χ0) is 16.8. The van der Waals surface area contributed by atoms with E-state index in [1.165, 1.54) is 11.8 Å². The van der Waals surface area contributed by atoms with Crippen LogP contribution in [0.5, 0.6) is 0 Å². The molecule has 1 amide bonds. The molecule has 0 saturated heterocycles. The van der Waals surface area contributed by atoms with Crippen LogP contribution in [-0.2, 0) is 17.8 Å². The summed E-state index contributed by atoms with van der Waals surface area (Å²) in [6, 6.07) is 10.0. The molecule has 2 aromatic rings. The number of hydrogen-bond acceptors (Lipinski definition) is 3. The summed E-state index contributed by atoms with van der Waals surface area (Å²) in [5, 5.41) is 6.59. The fourth-order valence-corrected chi connectivity index (χ4v) is 2.38. The van der Waals surface area contributed by atoms with Gasteiger partial charge in [0, 0.05) is 6.04 Å². The van der Waals surface area contributed by atoms with Gasteiger partial charge in [-0.1, -0.05) is 53.5 Å². The summed E-state index contributed by atoms with van der Waals surface area (Å²) in [5.74, 6) is -0.293. The van der Waals surface area contributed by atoms with Gasteiger partial charge in [0.15, 0.2) is 0 Å². The van der Waals surface area contributed by atoms with E-state index >= 15 is 0 Å². The molecule has 0 aliphatic carbocycles. The molecule has 0 radical (unpaired) electrons. The first-order valence-corrected chi connectivity index (χ1v) is 7.97. The third-order valence-corrected chi connectivity index (χ3v) is 4.10. The molecule has 0 aliphatic heterocycles. The number of carbonyl (C=O) groups excluding carboxylic acids is 1. The second-order valence-corrected chi connectivity index (χ2v) is 6.05. The minimum atomic E-state index is -0.578. The third-order valence-electron chi connectivity index (χ3n) is 3.35. The minimum Gasteiger partial charge on any atom is -0.352 e. The average molecular weight is 354 g/mol. The predicted octanol–water partition coefficient (Wildman–Crippen LogP) is 2.69. The van der Waals surface area contributed by atoms with Crippen molar-refractivity contribution >= 4 is 29.1 Å². The summed E-state index contributed by atoms with van der Waals surface area (Å²) >= 11 is 11.5. The van der Waals surface area contributed by atoms with Gasteiger partial charge in [-0.3, -0.25) is 9.59 Å². The lowest BCUT2D eigenvalue weighted by Gasteiger charge is -2.14. The van der Waals surface area contributed by atoms with Crippen LogP contribution >= 0.6 is 23.2 Å². The first kappa shape index (κ1) is 17.5. The Balaban J connectivity index is 1.87. The second-order valence-electron chi connectivity index (χ2n) is 5.26. The Hall–Kier alpha value is -1.85. The van der Waals surface area contributed by atoms with Gasteiger partial charge in [-0.05, 0) is 25.3 Å². The molecular formula is C16H17Cl2N3O2. The molecule has 1 N–H and O–H groups in total. The predicted molar refractivity (Wildman–Crippen MR) is 90.9 cm³/mol. The fourth-order valence-electron chi connectivity index (χ4n) is 2.11. The molecule has 5 nitrogen and oxygen atoms in total. The van der Waals surface area contributed by atoms with Gasteiger partial charge in [0.1, 0.15) is 11.6 Å². The first-order valence-electron chi connectivity index (χ1n) is 7.21. The number of nitrogens with one attached hydrogen (secondary N) is 1. The number of amides is 1. The molecule has 0 saturated carbocycles. The van der Waals surface area contributed by atoms with Crippen molar-refractivity contribution in [1.82, 2.24) is 15.1 Å². The Morgan fingerprint density at radius 2 is 2.00 bits per heavy atom. The SMILES string of the molecule is CC(CCc1ccccc1)NC(=O)Cn1ncc(Cl)c(Cl)c1=O. The number of nitrogens with zero attached hydrogens (tertiary/aromatic N) is 2. The minimum absolute atomic E-state index is 0.0128. The molecule has 1 aromatic carbocycles. The quantitative estimate of drug-likeness (QED) is 0.868. The Morgan fingerprint density at radius 3 is 2.70 bits per heavy atom. The first-order chi connectivity index (χ1) is 11.0. The van der Waals surface area contributed by atoms with E-state index in [1.807, 2.05) is 37.3 Å². The van der Waals surface area contributed by atoms with E-state index in [1.54, 1.807) is 0 Å². The molecule has 122 valence electrons. The maximum Gasteiger partial charge on any atom is 0.287 e. The molecule has 23 heavy (non-hydrogen) atoms. The standard InChI is InChI=1S/C16H17Cl2N3O2/c1-11(7-8-12-5-3-2-4-6-12)20-14(22)10-21-16(23)15(18)13(17)9-19-21/h2-6,9,11H,7-8,10H2,1H3,(H,20,22). The van der Waals surface area contributed by atoms with Crippen molar-refractivity contribution < 1.29 is 4.79 Å². The van der Waals surface area contributed by atoms with Crippen LogP contribution in [0.2, 0.25) is 10.0 Å². The molecular weight excluding hydrogens is 337 g/mol. The van der Waals surface area contributed by atoms with Crippen molar-refractivity contribution in [3.63, 3.8) is 0 Å². The summed E-state index contributed by atoms with van der Waals surface area (Å²) in [4.78, 5) is 23.8. The lowest BCUT2D eigenvalue weighted by Crippen LogP contribution is -2.38. The average Bonchev–Trinajstić information content (AvgIpc) is 2.54. The summed E-state index contributed by atoms with van der Waals surface area (Å²) in [5.41, 5.74) is 0.641. The summed E-state index contributed by atoms with van der Waals surface area (Å²) in [6.07, 6.45) is 2.92. The highest BCUT2D eigenvalue weighted by atomic mass is 35.5. The molecule has 1 atom stereocenters. The Labute approximate surface area is 144 Å². The molecule has 0 fully saturated rings. The van der Waals surface area contributed by atoms with E-state index in [0.717, 1.165) is 17.5 Å². The molecule has 7 heteroatoms. The van der Waals surface area contributed by atoms with Crippen molar-refractivity contribution in [2.24, 2.45) is 0 Å². The monoisotopic (exact) mass is 353 g/mol. The van der Waals surface area contributed by atoms with Gasteiger partial charge >= 0.3 is 0 Å². The van der Waals surface area contributed by atoms with Crippen molar-refractivity contribution in [3.05, 3.63) is 62.5 Å². The number of benzene rings is 1. The van der Waals surface area contributed by atoms with Gasteiger partial charge < -0.3 is 5.32 Å². The lowest BCUT2D eigenvalue weighted by atomic mass is 10.1. The smallest absolute Gasteiger partial charge is 0.287 e. The third kappa shape index (κ3) is 5.08. The van der Waals surface area contributed by atoms with Crippen molar-refractivity contribution in [2.75, 3.05) is 0 Å². The van der Waals surface area contributed by atoms with E-state index in [2.05, 4.69) is 10.4 Å². The van der Waals surface area contributed by atoms with Crippen molar-refractivity contribution in [1.29, 1.82) is 0 Å². The molecule has 0 aliphatic rings. The summed E-state index contributed by atoms with van der Waals surface area (Å²) < 4.78 is 0.994. The van der Waals surface area contributed by atoms with Crippen LogP contribution in [0.1, 0.15) is 18.9 Å². The van der Waals surface area contributed by atoms with E-state index < -0.39 is 5.56 Å². The van der Waals surface area contributed by atoms with Crippen LogP contribution in [0.25, 0.3) is 0 Å². The van der Waals surface area contributed by atoms with Crippen molar-refractivity contribution in [2.45, 2.75) is 32.4 Å². The van der Waals surface area contributed by atoms with Gasteiger partial charge in [-0.25, -0.2) is 4.68 Å². The number of hydrogen-bond donors (Lipinski definition) is 1. The van der Waals surface area contributed by atoms with Crippen LogP contribution < -0.4 is 10.9 Å². The van der Waals surface area contributed by atoms with Crippen LogP contribution in [0, 0.1) is 0 Å². The highest BCUT2D eigenvalue weighted by molar-refractivity contribution is 6.41. The van der Waals surface area contributed by atoms with E-state index in [4.69, 9.17) is 23.2 Å². The molecule has 1 aromatic heterocycles. The van der Waals surface area contributed by atoms with Gasteiger partial charge in [0.2, 0.25) is 5.91 Å². The number of rotatable bonds is 6. The zero-order valence-corrected chi connectivity index (χ0v) is 14.1. The largest absolute Gasteiger partial charge is 0.352 e. The van der Waals surface area contributed by atoms with Crippen LogP contribution in [0.3, 0.4) is 0 Å². The topological polar surface area (TPSA) is 64.0 Å². The van der Waals surface area contributed by atoms with Crippen LogP contribution in [-0.4, -0.2) is 21.7 Å². The van der Waals surface area contributed by atoms with Gasteiger partial charge in [0.05, 0.1) is 11.2 Å². The number of carbonyl (C=O) groups is 1. The maximum atomic E-state index is 12.0. The van der Waals surface area contributed by atoms with Gasteiger partial charge in [-0.15, -0.1) is 0 Å². The van der Waals surface area contributed by atoms with Gasteiger partial charge in [0.25, 0.3) is 5.56 Å². The lowest BCUT2D eigenvalue weighted by molar-refractivity contribution is -0.122. The number of aryl methyl sites for hydroxylation is 1. The van der Waals surface area contributed by atoms with Gasteiger partial charge in [-0.2, -0.15) is 5.10 Å². The maximum absolute atomic E-state index is 12.0. The molecule has 1 heterocycles.